The Morgan fingerprint density at radius 1 is 0.970 bits per heavy atom. The maximum atomic E-state index is 12.9. The largest absolute Gasteiger partial charge is 0.496 e. The summed E-state index contributed by atoms with van der Waals surface area (Å²) in [4.78, 5) is 64.0. The molecule has 9 heteroatoms. The standard InChI is InChI=1S/C24H24N2O7/c1-4-14(2)20(26-22(29)15-9-5-6-10-16(15)23(26)30)24(31)33-13-19(27)25-21(28)17-11-7-8-12-18(17)32-3/h5-12,14,20H,4,13H2,1-3H3,(H,25,27,28)/t14-,20-/m0/s1. The zero-order chi connectivity index (χ0) is 24.1. The third kappa shape index (κ3) is 4.77. The van der Waals surface area contributed by atoms with Crippen molar-refractivity contribution in [1.29, 1.82) is 0 Å². The average molecular weight is 452 g/mol. The number of benzene rings is 2. The summed E-state index contributed by atoms with van der Waals surface area (Å²) in [5.74, 6) is -3.79. The lowest BCUT2D eigenvalue weighted by Gasteiger charge is -2.28. The zero-order valence-electron chi connectivity index (χ0n) is 18.5. The number of carbonyl (C=O) groups is 5. The van der Waals surface area contributed by atoms with Crippen LogP contribution in [0.1, 0.15) is 51.3 Å². The van der Waals surface area contributed by atoms with E-state index in [1.807, 2.05) is 6.92 Å². The predicted octanol–water partition coefficient (Wildman–Crippen LogP) is 2.21. The van der Waals surface area contributed by atoms with Gasteiger partial charge in [0.1, 0.15) is 11.8 Å². The van der Waals surface area contributed by atoms with Crippen molar-refractivity contribution in [3.63, 3.8) is 0 Å². The number of methoxy groups -OCH3 is 1. The minimum Gasteiger partial charge on any atom is -0.496 e. The van der Waals surface area contributed by atoms with E-state index in [0.717, 1.165) is 4.90 Å². The van der Waals surface area contributed by atoms with Crippen molar-refractivity contribution in [2.45, 2.75) is 26.3 Å². The molecule has 0 aromatic heterocycles. The molecule has 0 aliphatic carbocycles. The number of fused-ring (bicyclic) bond motifs is 1. The quantitative estimate of drug-likeness (QED) is 0.482. The molecule has 1 heterocycles. The highest BCUT2D eigenvalue weighted by Gasteiger charge is 2.45. The van der Waals surface area contributed by atoms with Gasteiger partial charge < -0.3 is 9.47 Å². The molecule has 1 aliphatic rings. The maximum Gasteiger partial charge on any atom is 0.330 e. The van der Waals surface area contributed by atoms with Gasteiger partial charge in [-0.1, -0.05) is 44.5 Å². The van der Waals surface area contributed by atoms with Crippen molar-refractivity contribution < 1.29 is 33.4 Å². The van der Waals surface area contributed by atoms with E-state index in [1.54, 1.807) is 37.3 Å². The van der Waals surface area contributed by atoms with Crippen LogP contribution in [0.5, 0.6) is 5.75 Å². The van der Waals surface area contributed by atoms with Gasteiger partial charge in [0.15, 0.2) is 6.61 Å². The second-order valence-corrected chi connectivity index (χ2v) is 7.54. The first-order valence-corrected chi connectivity index (χ1v) is 10.4. The second-order valence-electron chi connectivity index (χ2n) is 7.54. The smallest absolute Gasteiger partial charge is 0.330 e. The number of imide groups is 2. The van der Waals surface area contributed by atoms with Crippen LogP contribution in [-0.2, 0) is 14.3 Å². The Morgan fingerprint density at radius 2 is 1.55 bits per heavy atom. The molecule has 0 radical (unpaired) electrons. The van der Waals surface area contributed by atoms with Crippen LogP contribution >= 0.6 is 0 Å². The van der Waals surface area contributed by atoms with Crippen LogP contribution < -0.4 is 10.1 Å². The molecule has 33 heavy (non-hydrogen) atoms. The van der Waals surface area contributed by atoms with E-state index in [1.165, 1.54) is 25.3 Å². The molecule has 2 aromatic carbocycles. The molecule has 0 fully saturated rings. The molecule has 9 nitrogen and oxygen atoms in total. The fraction of sp³-hybridized carbons (Fsp3) is 0.292. The molecule has 1 aliphatic heterocycles. The molecule has 0 bridgehead atoms. The Hall–Kier alpha value is -4.01. The summed E-state index contributed by atoms with van der Waals surface area (Å²) in [7, 11) is 1.39. The van der Waals surface area contributed by atoms with E-state index in [9.17, 15) is 24.0 Å². The Balaban J connectivity index is 1.69. The third-order valence-electron chi connectivity index (χ3n) is 5.48. The molecule has 3 rings (SSSR count). The molecule has 0 spiro atoms. The number of rotatable bonds is 8. The molecule has 172 valence electrons. The van der Waals surface area contributed by atoms with E-state index < -0.39 is 48.2 Å². The SMILES string of the molecule is CC[C@H](C)[C@@H](C(=O)OCC(=O)NC(=O)c1ccccc1OC)N1C(=O)c2ccccc2C1=O. The van der Waals surface area contributed by atoms with Crippen molar-refractivity contribution in [1.82, 2.24) is 10.2 Å². The van der Waals surface area contributed by atoms with Crippen molar-refractivity contribution in [3.05, 3.63) is 65.2 Å². The van der Waals surface area contributed by atoms with Crippen molar-refractivity contribution >= 4 is 29.6 Å². The number of amides is 4. The van der Waals surface area contributed by atoms with Crippen LogP contribution in [0.2, 0.25) is 0 Å². The lowest BCUT2D eigenvalue weighted by Crippen LogP contribution is -2.49. The minimum absolute atomic E-state index is 0.142. The Bertz CT molecular complexity index is 1080. The summed E-state index contributed by atoms with van der Waals surface area (Å²) in [6.07, 6.45) is 0.478. The van der Waals surface area contributed by atoms with Gasteiger partial charge in [-0.05, 0) is 30.2 Å². The molecule has 0 unspecified atom stereocenters. The Labute approximate surface area is 190 Å². The van der Waals surface area contributed by atoms with E-state index in [4.69, 9.17) is 9.47 Å². The summed E-state index contributed by atoms with van der Waals surface area (Å²) in [5, 5.41) is 2.13. The lowest BCUT2D eigenvalue weighted by atomic mass is 9.97. The Morgan fingerprint density at radius 3 is 2.12 bits per heavy atom. The molecule has 2 atom stereocenters. The summed E-state index contributed by atoms with van der Waals surface area (Å²) < 4.78 is 10.2. The molecular weight excluding hydrogens is 428 g/mol. The van der Waals surface area contributed by atoms with E-state index in [0.29, 0.717) is 6.42 Å². The van der Waals surface area contributed by atoms with Gasteiger partial charge in [0.2, 0.25) is 0 Å². The zero-order valence-corrected chi connectivity index (χ0v) is 18.5. The van der Waals surface area contributed by atoms with Gasteiger partial charge in [0, 0.05) is 0 Å². The third-order valence-corrected chi connectivity index (χ3v) is 5.48. The number of para-hydroxylation sites is 1. The molecule has 4 amide bonds. The lowest BCUT2D eigenvalue weighted by molar-refractivity contribution is -0.153. The molecule has 1 N–H and O–H groups in total. The van der Waals surface area contributed by atoms with Crippen molar-refractivity contribution in [2.24, 2.45) is 5.92 Å². The normalized spacial score (nSPS) is 14.3. The van der Waals surface area contributed by atoms with Gasteiger partial charge >= 0.3 is 5.97 Å². The first kappa shape index (κ1) is 23.6. The number of nitrogens with zero attached hydrogens (tertiary/aromatic N) is 1. The fourth-order valence-corrected chi connectivity index (χ4v) is 3.56. The highest BCUT2D eigenvalue weighted by Crippen LogP contribution is 2.28. The van der Waals surface area contributed by atoms with Gasteiger partial charge in [0.05, 0.1) is 23.8 Å². The van der Waals surface area contributed by atoms with Crippen molar-refractivity contribution in [2.75, 3.05) is 13.7 Å². The molecule has 2 aromatic rings. The van der Waals surface area contributed by atoms with Crippen molar-refractivity contribution in [3.8, 4) is 5.75 Å². The van der Waals surface area contributed by atoms with Crippen LogP contribution in [0.15, 0.2) is 48.5 Å². The number of hydrogen-bond donors (Lipinski definition) is 1. The summed E-state index contributed by atoms with van der Waals surface area (Å²) in [5.41, 5.74) is 0.565. The van der Waals surface area contributed by atoms with Crippen LogP contribution in [-0.4, -0.2) is 54.3 Å². The van der Waals surface area contributed by atoms with E-state index in [2.05, 4.69) is 5.32 Å². The topological polar surface area (TPSA) is 119 Å². The summed E-state index contributed by atoms with van der Waals surface area (Å²) >= 11 is 0. The number of nitrogens with one attached hydrogen (secondary N) is 1. The summed E-state index contributed by atoms with van der Waals surface area (Å²) in [6, 6.07) is 11.4. The van der Waals surface area contributed by atoms with Crippen LogP contribution in [0.3, 0.4) is 0 Å². The first-order valence-electron chi connectivity index (χ1n) is 10.4. The van der Waals surface area contributed by atoms with Gasteiger partial charge in [-0.15, -0.1) is 0 Å². The second kappa shape index (κ2) is 10.1. The predicted molar refractivity (Wildman–Crippen MR) is 117 cm³/mol. The monoisotopic (exact) mass is 452 g/mol. The average Bonchev–Trinajstić information content (AvgIpc) is 3.08. The van der Waals surface area contributed by atoms with E-state index in [-0.39, 0.29) is 22.4 Å². The first-order chi connectivity index (χ1) is 15.8. The van der Waals surface area contributed by atoms with Gasteiger partial charge in [-0.2, -0.15) is 0 Å². The number of esters is 1. The highest BCUT2D eigenvalue weighted by atomic mass is 16.5. The van der Waals surface area contributed by atoms with Crippen LogP contribution in [0.25, 0.3) is 0 Å². The fourth-order valence-electron chi connectivity index (χ4n) is 3.56. The molecular formula is C24H24N2O7. The van der Waals surface area contributed by atoms with Crippen LogP contribution in [0, 0.1) is 5.92 Å². The number of hydrogen-bond acceptors (Lipinski definition) is 7. The van der Waals surface area contributed by atoms with Gasteiger partial charge in [0.25, 0.3) is 23.6 Å². The summed E-state index contributed by atoms with van der Waals surface area (Å²) in [6.45, 7) is 2.76. The number of ether oxygens (including phenoxy) is 2. The van der Waals surface area contributed by atoms with Gasteiger partial charge in [-0.25, -0.2) is 4.79 Å². The highest BCUT2D eigenvalue weighted by molar-refractivity contribution is 6.22. The Kier molecular flexibility index (Phi) is 7.22. The van der Waals surface area contributed by atoms with E-state index >= 15 is 0 Å². The number of carbonyl (C=O) groups excluding carboxylic acids is 5. The van der Waals surface area contributed by atoms with Crippen LogP contribution in [0.4, 0.5) is 0 Å². The van der Waals surface area contributed by atoms with Gasteiger partial charge in [-0.3, -0.25) is 29.4 Å². The minimum atomic E-state index is -1.21. The molecule has 0 saturated carbocycles. The maximum absolute atomic E-state index is 12.9. The molecule has 0 saturated heterocycles.